The zero-order chi connectivity index (χ0) is 47.9. The van der Waals surface area contributed by atoms with Crippen LogP contribution in [-0.2, 0) is 19.1 Å². The maximum atomic E-state index is 16.2. The SMILES string of the molecule is CCOC(=O)NC(=O)Nc1ccccc1C(=O)C[N+]1(CC(=O)c2ccccc2OCC(=O)OC(C)C)C(=O)C2=C(N=C(N3CCCC(N)C3)[N+]2(CC=C(C)C)CC=C(C)C)[N+](C)(C)C1=O. The van der Waals surface area contributed by atoms with E-state index in [1.165, 1.54) is 30.3 Å². The largest absolute Gasteiger partial charge is 0.529 e. The van der Waals surface area contributed by atoms with Crippen LogP contribution in [-0.4, -0.2) is 145 Å². The van der Waals surface area contributed by atoms with Crippen LogP contribution in [0.2, 0.25) is 0 Å². The number of allylic oxidation sites excluding steroid dienone is 2. The van der Waals surface area contributed by atoms with Crippen LogP contribution in [0.4, 0.5) is 20.1 Å². The van der Waals surface area contributed by atoms with Gasteiger partial charge in [0.15, 0.2) is 19.7 Å². The lowest BCUT2D eigenvalue weighted by atomic mass is 10.0. The number of Topliss-reactive ketones (excluding diaryl/α,β-unsaturated/α-hetero) is 2. The Hall–Kier alpha value is -6.34. The first-order chi connectivity index (χ1) is 30.7. The van der Waals surface area contributed by atoms with Gasteiger partial charge in [-0.15, -0.1) is 9.48 Å². The number of nitrogens with two attached hydrogens (primary N) is 1. The van der Waals surface area contributed by atoms with E-state index in [4.69, 9.17) is 24.9 Å². The standard InChI is InChI=1S/C47H61N8O10/c1-10-63-46(61)51-44(60)49-36-19-13-11-17-34(36)37(56)27-55(28-38(57)35-18-12-14-20-39(35)64-29-40(58)65-32(6)7)43(59)41-42(53(8,9)47(55)62)50-45(52-23-15-16-33(48)26-52)54(41,24-21-30(2)3)25-22-31(4)5/h11-14,17-22,32-33H,10,15-16,23-29,48H2,1-9H3/q+1/p+2. The molecule has 18 heteroatoms. The molecular formula is C47H63N8O10+3. The minimum Gasteiger partial charge on any atom is -0.481 e. The van der Waals surface area contributed by atoms with Gasteiger partial charge in [0.05, 0.1) is 38.1 Å². The smallest absolute Gasteiger partial charge is 0.481 e. The van der Waals surface area contributed by atoms with Gasteiger partial charge in [0, 0.05) is 24.7 Å². The van der Waals surface area contributed by atoms with Crippen LogP contribution in [0, 0.1) is 0 Å². The molecule has 1 fully saturated rings. The highest BCUT2D eigenvalue weighted by atomic mass is 16.6. The van der Waals surface area contributed by atoms with E-state index in [1.807, 2.05) is 45.2 Å². The summed E-state index contributed by atoms with van der Waals surface area (Å²) in [6.45, 7) is 12.0. The summed E-state index contributed by atoms with van der Waals surface area (Å²) in [6.07, 6.45) is 4.14. The Kier molecular flexibility index (Phi) is 15.8. The Bertz CT molecular complexity index is 2340. The van der Waals surface area contributed by atoms with Crippen LogP contribution in [0.15, 0.2) is 88.3 Å². The van der Waals surface area contributed by atoms with Crippen molar-refractivity contribution in [2.75, 3.05) is 71.9 Å². The Morgan fingerprint density at radius 3 is 2.09 bits per heavy atom. The highest BCUT2D eigenvalue weighted by Crippen LogP contribution is 2.44. The van der Waals surface area contributed by atoms with E-state index in [1.54, 1.807) is 53.1 Å². The van der Waals surface area contributed by atoms with Gasteiger partial charge in [-0.2, -0.15) is 9.28 Å². The first-order valence-corrected chi connectivity index (χ1v) is 21.8. The van der Waals surface area contributed by atoms with Crippen molar-refractivity contribution >= 4 is 53.2 Å². The number of carbonyl (C=O) groups is 7. The summed E-state index contributed by atoms with van der Waals surface area (Å²) in [7, 11) is 3.17. The lowest BCUT2D eigenvalue weighted by Crippen LogP contribution is -2.74. The minimum atomic E-state index is -1.32. The average Bonchev–Trinajstić information content (AvgIpc) is 3.59. The number of rotatable bonds is 16. The number of alkyl carbamates (subject to hydrolysis) is 1. The van der Waals surface area contributed by atoms with Crippen molar-refractivity contribution in [2.24, 2.45) is 10.7 Å². The molecule has 2 unspecified atom stereocenters. The lowest BCUT2D eigenvalue weighted by Gasteiger charge is -2.43. The number of ether oxygens (including phenoxy) is 3. The van der Waals surface area contributed by atoms with E-state index in [0.29, 0.717) is 19.0 Å². The molecule has 4 N–H and O–H groups in total. The minimum absolute atomic E-state index is 0.000528. The van der Waals surface area contributed by atoms with Crippen LogP contribution in [0.3, 0.4) is 0 Å². The van der Waals surface area contributed by atoms with E-state index >= 15 is 9.59 Å². The van der Waals surface area contributed by atoms with Crippen molar-refractivity contribution in [3.05, 3.63) is 94.5 Å². The molecule has 3 heterocycles. The molecule has 2 aromatic carbocycles. The van der Waals surface area contributed by atoms with E-state index in [0.717, 1.165) is 24.0 Å². The maximum Gasteiger partial charge on any atom is 0.529 e. The molecule has 18 nitrogen and oxygen atoms in total. The molecule has 65 heavy (non-hydrogen) atoms. The van der Waals surface area contributed by atoms with Crippen molar-refractivity contribution in [1.29, 1.82) is 0 Å². The number of guanidine groups is 1. The molecule has 2 atom stereocenters. The molecule has 6 amide bonds. The number of hydrogen-bond acceptors (Lipinski definition) is 13. The van der Waals surface area contributed by atoms with Crippen LogP contribution in [0.1, 0.15) is 82.0 Å². The number of benzene rings is 2. The highest BCUT2D eigenvalue weighted by Gasteiger charge is 2.72. The summed E-state index contributed by atoms with van der Waals surface area (Å²) in [4.78, 5) is 107. The molecule has 0 radical (unpaired) electrons. The van der Waals surface area contributed by atoms with Crippen LogP contribution in [0.25, 0.3) is 0 Å². The van der Waals surface area contributed by atoms with E-state index in [9.17, 15) is 24.0 Å². The molecule has 5 rings (SSSR count). The van der Waals surface area contributed by atoms with Crippen molar-refractivity contribution in [3.8, 4) is 5.75 Å². The van der Waals surface area contributed by atoms with Gasteiger partial charge in [0.1, 0.15) is 18.8 Å². The second-order valence-corrected chi connectivity index (χ2v) is 17.7. The summed E-state index contributed by atoms with van der Waals surface area (Å²) in [5, 5.41) is 4.52. The molecule has 1 saturated heterocycles. The first kappa shape index (κ1) is 49.7. The number of hydrogen-bond donors (Lipinski definition) is 3. The number of aliphatic imine (C=N–C) groups is 1. The molecule has 0 spiro atoms. The summed E-state index contributed by atoms with van der Waals surface area (Å²) in [5.41, 5.74) is 8.45. The topological polar surface area (TPSA) is 213 Å². The average molecular weight is 900 g/mol. The van der Waals surface area contributed by atoms with Crippen LogP contribution < -0.4 is 21.1 Å². The summed E-state index contributed by atoms with van der Waals surface area (Å²) in [6, 6.07) is 10.0. The van der Waals surface area contributed by atoms with Crippen molar-refractivity contribution < 1.29 is 61.2 Å². The van der Waals surface area contributed by atoms with Gasteiger partial charge in [-0.3, -0.25) is 9.59 Å². The molecular weight excluding hydrogens is 837 g/mol. The fourth-order valence-corrected chi connectivity index (χ4v) is 8.19. The fraction of sp³-hybridized carbons (Fsp3) is 0.447. The zero-order valence-corrected chi connectivity index (χ0v) is 38.9. The Morgan fingerprint density at radius 1 is 0.892 bits per heavy atom. The number of carbonyl (C=O) groups excluding carboxylic acids is 7. The Labute approximate surface area is 380 Å². The molecule has 0 bridgehead atoms. The third-order valence-corrected chi connectivity index (χ3v) is 11.3. The molecule has 3 aliphatic heterocycles. The number of para-hydroxylation sites is 2. The molecule has 348 valence electrons. The third-order valence-electron chi connectivity index (χ3n) is 11.3. The zero-order valence-electron chi connectivity index (χ0n) is 38.9. The number of amides is 6. The van der Waals surface area contributed by atoms with Crippen LogP contribution in [0.5, 0.6) is 5.75 Å². The van der Waals surface area contributed by atoms with Gasteiger partial charge in [0.25, 0.3) is 0 Å². The van der Waals surface area contributed by atoms with Crippen molar-refractivity contribution in [2.45, 2.75) is 73.5 Å². The maximum absolute atomic E-state index is 16.2. The molecule has 0 aromatic heterocycles. The summed E-state index contributed by atoms with van der Waals surface area (Å²) < 4.78 is 13.7. The number of anilines is 1. The number of ketones is 2. The third kappa shape index (κ3) is 11.0. The monoisotopic (exact) mass is 899 g/mol. The van der Waals surface area contributed by atoms with E-state index in [2.05, 4.69) is 10.2 Å². The Balaban J connectivity index is 1.72. The number of urea groups is 2. The van der Waals surface area contributed by atoms with Gasteiger partial charge < -0.3 is 30.2 Å². The predicted octanol–water partition coefficient (Wildman–Crippen LogP) is 5.63. The molecule has 2 aromatic rings. The first-order valence-electron chi connectivity index (χ1n) is 21.8. The van der Waals surface area contributed by atoms with E-state index < -0.39 is 76.4 Å². The lowest BCUT2D eigenvalue weighted by molar-refractivity contribution is -0.910. The molecule has 0 saturated carbocycles. The van der Waals surface area contributed by atoms with Gasteiger partial charge >= 0.3 is 47.5 Å². The second-order valence-electron chi connectivity index (χ2n) is 17.7. The number of esters is 1. The highest BCUT2D eigenvalue weighted by molar-refractivity contribution is 6.10. The van der Waals surface area contributed by atoms with Gasteiger partial charge in [-0.05, 0) is 97.7 Å². The number of likely N-dealkylation sites (tertiary alicyclic amines) is 1. The second kappa shape index (κ2) is 20.7. The molecule has 0 aliphatic carbocycles. The van der Waals surface area contributed by atoms with Crippen molar-refractivity contribution in [1.82, 2.24) is 10.2 Å². The fourth-order valence-electron chi connectivity index (χ4n) is 8.19. The number of quaternary nitrogens is 3. The number of piperidine rings is 1. The van der Waals surface area contributed by atoms with Crippen LogP contribution >= 0.6 is 0 Å². The summed E-state index contributed by atoms with van der Waals surface area (Å²) >= 11 is 0. The van der Waals surface area contributed by atoms with Gasteiger partial charge in [-0.25, -0.2) is 29.0 Å². The van der Waals surface area contributed by atoms with Gasteiger partial charge in [0.2, 0.25) is 11.6 Å². The quantitative estimate of drug-likeness (QED) is 0.0811. The Morgan fingerprint density at radius 2 is 1.49 bits per heavy atom. The van der Waals surface area contributed by atoms with Gasteiger partial charge in [-0.1, -0.05) is 35.4 Å². The number of nitrogens with zero attached hydrogens (tertiary/aromatic N) is 5. The molecule has 3 aliphatic rings. The van der Waals surface area contributed by atoms with Crippen molar-refractivity contribution in [3.63, 3.8) is 0 Å². The normalized spacial score (nSPS) is 19.7. The number of imide groups is 2. The predicted molar refractivity (Wildman–Crippen MR) is 242 cm³/mol. The van der Waals surface area contributed by atoms with E-state index in [-0.39, 0.29) is 64.3 Å². The number of nitrogens with one attached hydrogen (secondary N) is 2. The summed E-state index contributed by atoms with van der Waals surface area (Å²) in [5.74, 6) is -2.28.